The lowest BCUT2D eigenvalue weighted by Gasteiger charge is -2.23. The topological polar surface area (TPSA) is 34.1 Å². The van der Waals surface area contributed by atoms with Gasteiger partial charge < -0.3 is 0 Å². The highest BCUT2D eigenvalue weighted by molar-refractivity contribution is 7.87. The molecule has 0 amide bonds. The van der Waals surface area contributed by atoms with E-state index in [1.54, 1.807) is 37.3 Å². The first-order valence-electron chi connectivity index (χ1n) is 7.81. The molecule has 2 atom stereocenters. The van der Waals surface area contributed by atoms with Crippen molar-refractivity contribution in [3.63, 3.8) is 0 Å². The fraction of sp³-hybridized carbons (Fsp3) is 0.316. The first-order chi connectivity index (χ1) is 11.1. The Morgan fingerprint density at radius 3 is 2.17 bits per heavy atom. The predicted molar refractivity (Wildman–Crippen MR) is 91.4 cm³/mol. The van der Waals surface area contributed by atoms with Crippen LogP contribution in [-0.2, 0) is 22.0 Å². The monoisotopic (exact) mass is 332 g/mol. The Labute approximate surface area is 139 Å². The quantitative estimate of drug-likeness (QED) is 0.715. The second-order valence-corrected chi connectivity index (χ2v) is 7.12. The summed E-state index contributed by atoms with van der Waals surface area (Å²) >= 11 is 0. The second kappa shape index (κ2) is 8.16. The lowest BCUT2D eigenvalue weighted by atomic mass is 10.0. The van der Waals surface area contributed by atoms with E-state index in [0.717, 1.165) is 5.56 Å². The Morgan fingerprint density at radius 1 is 1.04 bits per heavy atom. The van der Waals surface area contributed by atoms with Crippen molar-refractivity contribution >= 4 is 16.6 Å². The molecule has 2 nitrogen and oxygen atoms in total. The van der Waals surface area contributed by atoms with Crippen LogP contribution in [0.2, 0.25) is 0 Å². The van der Waals surface area contributed by atoms with Gasteiger partial charge in [-0.15, -0.1) is 0 Å². The van der Waals surface area contributed by atoms with Crippen LogP contribution in [-0.4, -0.2) is 15.0 Å². The molecule has 122 valence electrons. The third kappa shape index (κ3) is 4.35. The number of alkyl halides is 1. The van der Waals surface area contributed by atoms with Gasteiger partial charge in [0, 0.05) is 17.7 Å². The minimum absolute atomic E-state index is 0.0257. The zero-order chi connectivity index (χ0) is 16.7. The van der Waals surface area contributed by atoms with Crippen LogP contribution in [0, 0.1) is 0 Å². The van der Waals surface area contributed by atoms with Crippen LogP contribution in [0.15, 0.2) is 65.6 Å². The Balaban J connectivity index is 2.15. The van der Waals surface area contributed by atoms with Gasteiger partial charge in [-0.2, -0.15) is 0 Å². The maximum absolute atomic E-state index is 15.3. The molecule has 4 heteroatoms. The van der Waals surface area contributed by atoms with E-state index in [0.29, 0.717) is 17.7 Å². The number of carbonyl (C=O) groups excluding carboxylic acids is 1. The highest BCUT2D eigenvalue weighted by Gasteiger charge is 2.43. The third-order valence-electron chi connectivity index (χ3n) is 3.72. The molecule has 0 bridgehead atoms. The molecule has 0 fully saturated rings. The lowest BCUT2D eigenvalue weighted by Crippen LogP contribution is -2.38. The maximum Gasteiger partial charge on any atom is 0.246 e. The van der Waals surface area contributed by atoms with Gasteiger partial charge in [-0.25, -0.2) is 4.39 Å². The summed E-state index contributed by atoms with van der Waals surface area (Å²) < 4.78 is 27.9. The first-order valence-corrected chi connectivity index (χ1v) is 8.96. The van der Waals surface area contributed by atoms with E-state index in [9.17, 15) is 9.00 Å². The summed E-state index contributed by atoms with van der Waals surface area (Å²) in [7, 11) is -1.99. The summed E-state index contributed by atoms with van der Waals surface area (Å²) in [4.78, 5) is 12.8. The standard InChI is InChI=1S/C19H21FO2S/c1-2-15-19(20,23(22)17-11-7-4-8-12-17)18(21)14-13-16-9-5-3-6-10-16/h3-12H,2,13-15H2,1H3. The van der Waals surface area contributed by atoms with Crippen molar-refractivity contribution in [1.82, 2.24) is 0 Å². The molecule has 0 spiro atoms. The molecule has 2 aromatic rings. The molecule has 2 unspecified atom stereocenters. The maximum atomic E-state index is 15.3. The number of aryl methyl sites for hydroxylation is 1. The third-order valence-corrected chi connectivity index (χ3v) is 5.44. The molecule has 0 N–H and O–H groups in total. The highest BCUT2D eigenvalue weighted by Crippen LogP contribution is 2.31. The van der Waals surface area contributed by atoms with E-state index >= 15 is 4.39 Å². The number of hydrogen-bond donors (Lipinski definition) is 0. The molecule has 0 saturated carbocycles. The largest absolute Gasteiger partial charge is 0.295 e. The van der Waals surface area contributed by atoms with Crippen LogP contribution in [0.3, 0.4) is 0 Å². The minimum atomic E-state index is -2.31. The molecule has 0 aliphatic carbocycles. The number of Topliss-reactive ketones (excluding diaryl/α,β-unsaturated/α-hetero) is 1. The van der Waals surface area contributed by atoms with Gasteiger partial charge in [0.15, 0.2) is 5.78 Å². The van der Waals surface area contributed by atoms with Gasteiger partial charge in [-0.3, -0.25) is 9.00 Å². The fourth-order valence-corrected chi connectivity index (χ4v) is 3.95. The fourth-order valence-electron chi connectivity index (χ4n) is 2.48. The van der Waals surface area contributed by atoms with E-state index < -0.39 is 21.6 Å². The summed E-state index contributed by atoms with van der Waals surface area (Å²) in [6, 6.07) is 17.9. The van der Waals surface area contributed by atoms with E-state index in [4.69, 9.17) is 0 Å². The lowest BCUT2D eigenvalue weighted by molar-refractivity contribution is -0.125. The Morgan fingerprint density at radius 2 is 1.61 bits per heavy atom. The van der Waals surface area contributed by atoms with Gasteiger partial charge >= 0.3 is 0 Å². The Bertz CT molecular complexity index is 658. The van der Waals surface area contributed by atoms with Gasteiger partial charge in [0.05, 0.1) is 10.8 Å². The van der Waals surface area contributed by atoms with E-state index in [1.165, 1.54) is 0 Å². The van der Waals surface area contributed by atoms with Gasteiger partial charge in [0.25, 0.3) is 0 Å². The van der Waals surface area contributed by atoms with Crippen LogP contribution in [0.5, 0.6) is 0 Å². The predicted octanol–water partition coefficient (Wildman–Crippen LogP) is 4.46. The molecular formula is C19H21FO2S. The van der Waals surface area contributed by atoms with Crippen LogP contribution in [0.25, 0.3) is 0 Å². The van der Waals surface area contributed by atoms with E-state index in [1.807, 2.05) is 30.3 Å². The molecule has 0 radical (unpaired) electrons. The summed E-state index contributed by atoms with van der Waals surface area (Å²) in [5, 5.41) is -2.31. The normalized spacial score (nSPS) is 14.9. The molecule has 0 aliphatic heterocycles. The van der Waals surface area contributed by atoms with Gasteiger partial charge in [-0.05, 0) is 24.1 Å². The number of benzene rings is 2. The van der Waals surface area contributed by atoms with Crippen molar-refractivity contribution in [2.75, 3.05) is 0 Å². The van der Waals surface area contributed by atoms with Crippen molar-refractivity contribution in [3.8, 4) is 0 Å². The Hall–Kier alpha value is -1.81. The van der Waals surface area contributed by atoms with Gasteiger partial charge in [-0.1, -0.05) is 61.9 Å². The smallest absolute Gasteiger partial charge is 0.246 e. The summed E-state index contributed by atoms with van der Waals surface area (Å²) in [5.41, 5.74) is 0.977. The van der Waals surface area contributed by atoms with Crippen molar-refractivity contribution in [2.45, 2.75) is 42.5 Å². The average molecular weight is 332 g/mol. The van der Waals surface area contributed by atoms with Gasteiger partial charge in [0.2, 0.25) is 5.00 Å². The minimum Gasteiger partial charge on any atom is -0.295 e. The van der Waals surface area contributed by atoms with E-state index in [2.05, 4.69) is 0 Å². The molecule has 0 saturated heterocycles. The Kier molecular flexibility index (Phi) is 6.22. The number of ketones is 1. The molecule has 0 heterocycles. The molecule has 0 aliphatic rings. The van der Waals surface area contributed by atoms with Crippen molar-refractivity contribution < 1.29 is 13.4 Å². The van der Waals surface area contributed by atoms with Crippen molar-refractivity contribution in [1.29, 1.82) is 0 Å². The van der Waals surface area contributed by atoms with Crippen LogP contribution < -0.4 is 0 Å². The highest BCUT2D eigenvalue weighted by atomic mass is 32.2. The number of rotatable bonds is 8. The summed E-state index contributed by atoms with van der Waals surface area (Å²) in [5.74, 6) is -0.578. The SMILES string of the molecule is CCCC(F)(C(=O)CCc1ccccc1)S(=O)c1ccccc1. The van der Waals surface area contributed by atoms with Gasteiger partial charge in [0.1, 0.15) is 0 Å². The summed E-state index contributed by atoms with van der Waals surface area (Å²) in [6.07, 6.45) is 0.953. The molecule has 0 aromatic heterocycles. The second-order valence-electron chi connectivity index (χ2n) is 5.47. The molecule has 23 heavy (non-hydrogen) atoms. The van der Waals surface area contributed by atoms with E-state index in [-0.39, 0.29) is 12.8 Å². The van der Waals surface area contributed by atoms with Crippen LogP contribution in [0.4, 0.5) is 4.39 Å². The zero-order valence-electron chi connectivity index (χ0n) is 13.2. The van der Waals surface area contributed by atoms with Crippen LogP contribution >= 0.6 is 0 Å². The molecular weight excluding hydrogens is 311 g/mol. The molecule has 2 aromatic carbocycles. The zero-order valence-corrected chi connectivity index (χ0v) is 14.0. The number of halogens is 1. The first kappa shape index (κ1) is 17.5. The van der Waals surface area contributed by atoms with Crippen LogP contribution in [0.1, 0.15) is 31.7 Å². The number of hydrogen-bond acceptors (Lipinski definition) is 2. The number of carbonyl (C=O) groups is 1. The average Bonchev–Trinajstić information content (AvgIpc) is 2.60. The molecule has 2 rings (SSSR count). The van der Waals surface area contributed by atoms with Crippen molar-refractivity contribution in [3.05, 3.63) is 66.2 Å². The summed E-state index contributed by atoms with van der Waals surface area (Å²) in [6.45, 7) is 1.79. The van der Waals surface area contributed by atoms with Crippen molar-refractivity contribution in [2.24, 2.45) is 0 Å².